The number of rotatable bonds is 4. The van der Waals surface area contributed by atoms with Crippen molar-refractivity contribution in [3.05, 3.63) is 158 Å². The lowest BCUT2D eigenvalue weighted by atomic mass is 9.91. The number of hydrogen-bond donors (Lipinski definition) is 0. The smallest absolute Gasteiger partial charge is 0.00201 e. The Hall–Kier alpha value is -5.20. The molecule has 0 saturated carbocycles. The van der Waals surface area contributed by atoms with Crippen molar-refractivity contribution in [1.29, 1.82) is 0 Å². The molecule has 0 fully saturated rings. The third-order valence-corrected chi connectivity index (χ3v) is 8.24. The van der Waals surface area contributed by atoms with Crippen molar-refractivity contribution < 1.29 is 0 Å². The molecule has 7 aromatic carbocycles. The molecular weight excluding hydrogens is 480 g/mol. The van der Waals surface area contributed by atoms with Crippen molar-refractivity contribution in [1.82, 2.24) is 0 Å². The molecule has 0 aromatic heterocycles. The summed E-state index contributed by atoms with van der Waals surface area (Å²) in [4.78, 5) is 0. The third kappa shape index (κ3) is 3.61. The molecule has 0 heteroatoms. The van der Waals surface area contributed by atoms with Crippen LogP contribution in [0.1, 0.15) is 0 Å². The van der Waals surface area contributed by atoms with Gasteiger partial charge >= 0.3 is 0 Å². The highest BCUT2D eigenvalue weighted by molar-refractivity contribution is 6.19. The summed E-state index contributed by atoms with van der Waals surface area (Å²) < 4.78 is 0. The quantitative estimate of drug-likeness (QED) is 0.223. The zero-order chi connectivity index (χ0) is 26.5. The summed E-state index contributed by atoms with van der Waals surface area (Å²) in [5, 5.41) is 2.66. The van der Waals surface area contributed by atoms with E-state index in [-0.39, 0.29) is 0 Å². The normalized spacial score (nSPS) is 11.5. The van der Waals surface area contributed by atoms with E-state index in [4.69, 9.17) is 0 Å². The summed E-state index contributed by atoms with van der Waals surface area (Å²) in [6.45, 7) is 0. The van der Waals surface area contributed by atoms with Crippen LogP contribution in [-0.2, 0) is 0 Å². The lowest BCUT2D eigenvalue weighted by molar-refractivity contribution is 1.58. The second-order valence-electron chi connectivity index (χ2n) is 10.5. The van der Waals surface area contributed by atoms with Crippen LogP contribution in [0.3, 0.4) is 0 Å². The average molecular weight is 507 g/mol. The van der Waals surface area contributed by atoms with Gasteiger partial charge in [-0.2, -0.15) is 0 Å². The molecule has 0 amide bonds. The van der Waals surface area contributed by atoms with Crippen molar-refractivity contribution in [2.24, 2.45) is 0 Å². The van der Waals surface area contributed by atoms with Crippen LogP contribution in [0.2, 0.25) is 0 Å². The first-order valence-corrected chi connectivity index (χ1v) is 13.9. The van der Waals surface area contributed by atoms with Gasteiger partial charge in [-0.05, 0) is 89.7 Å². The lowest BCUT2D eigenvalue weighted by Crippen LogP contribution is -1.86. The van der Waals surface area contributed by atoms with Crippen LogP contribution in [0.5, 0.6) is 0 Å². The molecule has 186 valence electrons. The van der Waals surface area contributed by atoms with Crippen LogP contribution in [0.25, 0.3) is 77.5 Å². The SMILES string of the molecule is c1ccc(-c2cccc(-c3ccc4c5c(cccc35)-c3ccc(-c5ccccc5-c5ccccc5)cc3-4)c2)cc1. The number of fused-ring (bicyclic) bond motifs is 3. The van der Waals surface area contributed by atoms with E-state index in [9.17, 15) is 0 Å². The number of hydrogen-bond acceptors (Lipinski definition) is 0. The van der Waals surface area contributed by atoms with Crippen molar-refractivity contribution in [3.8, 4) is 66.8 Å². The van der Waals surface area contributed by atoms with E-state index in [1.54, 1.807) is 0 Å². The van der Waals surface area contributed by atoms with Gasteiger partial charge in [-0.3, -0.25) is 0 Å². The highest BCUT2D eigenvalue weighted by atomic mass is 14.3. The molecule has 7 aromatic rings. The fourth-order valence-electron chi connectivity index (χ4n) is 6.38. The van der Waals surface area contributed by atoms with E-state index in [1.165, 1.54) is 77.5 Å². The minimum atomic E-state index is 1.24. The first-order chi connectivity index (χ1) is 19.8. The van der Waals surface area contributed by atoms with E-state index < -0.39 is 0 Å². The highest BCUT2D eigenvalue weighted by Gasteiger charge is 2.23. The summed E-state index contributed by atoms with van der Waals surface area (Å²) in [6, 6.07) is 57.4. The van der Waals surface area contributed by atoms with Gasteiger partial charge in [0.05, 0.1) is 0 Å². The Labute approximate surface area is 234 Å². The standard InChI is InChI=1S/C40H26/c1-3-11-27(12-4-1)29-15-9-16-30(25-29)34-23-24-38-39-26-31(21-22-35(39)37-20-10-19-36(34)40(37)38)33-18-8-7-17-32(33)28-13-5-2-6-14-28/h1-26H. The molecule has 1 aliphatic carbocycles. The molecule has 40 heavy (non-hydrogen) atoms. The van der Waals surface area contributed by atoms with Crippen LogP contribution in [-0.4, -0.2) is 0 Å². The van der Waals surface area contributed by atoms with E-state index >= 15 is 0 Å². The minimum absolute atomic E-state index is 1.24. The third-order valence-electron chi connectivity index (χ3n) is 8.24. The molecule has 0 bridgehead atoms. The average Bonchev–Trinajstić information content (AvgIpc) is 3.36. The molecule has 1 aliphatic rings. The van der Waals surface area contributed by atoms with Gasteiger partial charge in [-0.15, -0.1) is 0 Å². The summed E-state index contributed by atoms with van der Waals surface area (Å²) in [6.07, 6.45) is 0. The van der Waals surface area contributed by atoms with Crippen molar-refractivity contribution in [3.63, 3.8) is 0 Å². The molecule has 0 atom stereocenters. The fourth-order valence-corrected chi connectivity index (χ4v) is 6.38. The monoisotopic (exact) mass is 506 g/mol. The van der Waals surface area contributed by atoms with Gasteiger partial charge in [0.2, 0.25) is 0 Å². The molecular formula is C40H26. The molecule has 0 radical (unpaired) electrons. The summed E-state index contributed by atoms with van der Waals surface area (Å²) in [5.74, 6) is 0. The van der Waals surface area contributed by atoms with Gasteiger partial charge in [0, 0.05) is 0 Å². The van der Waals surface area contributed by atoms with E-state index in [2.05, 4.69) is 158 Å². The van der Waals surface area contributed by atoms with Gasteiger partial charge in [-0.1, -0.05) is 146 Å². The minimum Gasteiger partial charge on any atom is -0.0622 e. The zero-order valence-corrected chi connectivity index (χ0v) is 22.0. The molecule has 0 spiro atoms. The molecule has 0 aliphatic heterocycles. The van der Waals surface area contributed by atoms with Crippen LogP contribution in [0, 0.1) is 0 Å². The largest absolute Gasteiger partial charge is 0.0622 e. The van der Waals surface area contributed by atoms with Crippen molar-refractivity contribution >= 4 is 10.8 Å². The van der Waals surface area contributed by atoms with Crippen LogP contribution in [0.15, 0.2) is 158 Å². The second kappa shape index (κ2) is 9.22. The topological polar surface area (TPSA) is 0 Å². The molecule has 0 N–H and O–H groups in total. The van der Waals surface area contributed by atoms with Gasteiger partial charge in [0.25, 0.3) is 0 Å². The van der Waals surface area contributed by atoms with Gasteiger partial charge in [0.1, 0.15) is 0 Å². The highest BCUT2D eigenvalue weighted by Crippen LogP contribution is 2.50. The first-order valence-electron chi connectivity index (χ1n) is 13.9. The molecule has 0 saturated heterocycles. The Morgan fingerprint density at radius 1 is 0.225 bits per heavy atom. The summed E-state index contributed by atoms with van der Waals surface area (Å²) >= 11 is 0. The Kier molecular flexibility index (Phi) is 5.24. The maximum absolute atomic E-state index is 2.39. The molecule has 0 heterocycles. The van der Waals surface area contributed by atoms with Gasteiger partial charge in [0.15, 0.2) is 0 Å². The predicted octanol–water partition coefficient (Wildman–Crippen LogP) is 11.2. The predicted molar refractivity (Wildman–Crippen MR) is 170 cm³/mol. The Bertz CT molecular complexity index is 2030. The lowest BCUT2D eigenvalue weighted by Gasteiger charge is -2.12. The Morgan fingerprint density at radius 2 is 0.750 bits per heavy atom. The molecule has 8 rings (SSSR count). The summed E-state index contributed by atoms with van der Waals surface area (Å²) in [7, 11) is 0. The zero-order valence-electron chi connectivity index (χ0n) is 22.0. The number of benzene rings is 7. The Morgan fingerprint density at radius 3 is 1.55 bits per heavy atom. The van der Waals surface area contributed by atoms with Crippen molar-refractivity contribution in [2.45, 2.75) is 0 Å². The van der Waals surface area contributed by atoms with Crippen LogP contribution in [0.4, 0.5) is 0 Å². The molecule has 0 unspecified atom stereocenters. The van der Waals surface area contributed by atoms with E-state index in [1.807, 2.05) is 0 Å². The Balaban J connectivity index is 1.27. The van der Waals surface area contributed by atoms with Gasteiger partial charge < -0.3 is 0 Å². The van der Waals surface area contributed by atoms with Crippen LogP contribution >= 0.6 is 0 Å². The van der Waals surface area contributed by atoms with Crippen LogP contribution < -0.4 is 0 Å². The first kappa shape index (κ1) is 22.8. The maximum Gasteiger partial charge on any atom is -0.00201 e. The van der Waals surface area contributed by atoms with Gasteiger partial charge in [-0.25, -0.2) is 0 Å². The second-order valence-corrected chi connectivity index (χ2v) is 10.5. The maximum atomic E-state index is 2.39. The molecule has 0 nitrogen and oxygen atoms in total. The fraction of sp³-hybridized carbons (Fsp3) is 0. The van der Waals surface area contributed by atoms with Crippen molar-refractivity contribution in [2.75, 3.05) is 0 Å². The van der Waals surface area contributed by atoms with E-state index in [0.29, 0.717) is 0 Å². The van der Waals surface area contributed by atoms with E-state index in [0.717, 1.165) is 0 Å². The summed E-state index contributed by atoms with van der Waals surface area (Å²) in [5.41, 5.74) is 15.3.